The third-order valence-corrected chi connectivity index (χ3v) is 5.06. The van der Waals surface area contributed by atoms with E-state index in [0.717, 1.165) is 19.8 Å². The third kappa shape index (κ3) is 9.70. The molecular formula is C22H33N3O3S. The summed E-state index contributed by atoms with van der Waals surface area (Å²) in [7, 11) is 1.67. The number of nitrogens with zero attached hydrogens (tertiary/aromatic N) is 2. The molecule has 1 aromatic rings. The van der Waals surface area contributed by atoms with Crippen LogP contribution in [0.3, 0.4) is 0 Å². The zero-order chi connectivity index (χ0) is 21.0. The number of hydroxylamine groups is 2. The lowest BCUT2D eigenvalue weighted by Gasteiger charge is -2.24. The zero-order valence-corrected chi connectivity index (χ0v) is 18.7. The molecule has 7 heteroatoms. The molecule has 0 amide bonds. The first kappa shape index (κ1) is 23.8. The van der Waals surface area contributed by atoms with E-state index < -0.39 is 5.60 Å². The number of rotatable bonds is 11. The summed E-state index contributed by atoms with van der Waals surface area (Å²) in [4.78, 5) is 8.17. The fraction of sp³-hybridized carbons (Fsp3) is 0.545. The van der Waals surface area contributed by atoms with Gasteiger partial charge in [-0.2, -0.15) is 16.4 Å². The van der Waals surface area contributed by atoms with Crippen LogP contribution in [-0.4, -0.2) is 68.5 Å². The first-order valence-electron chi connectivity index (χ1n) is 9.89. The lowest BCUT2D eigenvalue weighted by atomic mass is 10.1. The van der Waals surface area contributed by atoms with Gasteiger partial charge in [0.25, 0.3) is 0 Å². The van der Waals surface area contributed by atoms with Crippen molar-refractivity contribution in [3.63, 3.8) is 0 Å². The molecule has 1 aliphatic heterocycles. The van der Waals surface area contributed by atoms with Crippen LogP contribution in [0.2, 0.25) is 0 Å². The van der Waals surface area contributed by atoms with Gasteiger partial charge in [0.05, 0.1) is 26.6 Å². The summed E-state index contributed by atoms with van der Waals surface area (Å²) >= 11 is 1.69. The summed E-state index contributed by atoms with van der Waals surface area (Å²) in [5.41, 5.74) is 0.794. The Kier molecular flexibility index (Phi) is 10.6. The van der Waals surface area contributed by atoms with Crippen molar-refractivity contribution in [2.24, 2.45) is 0 Å². The number of likely N-dealkylation sites (N-methyl/N-ethyl adjacent to an activating group) is 1. The molecule has 0 saturated carbocycles. The quantitative estimate of drug-likeness (QED) is 0.439. The maximum atomic E-state index is 5.90. The molecule has 2 heterocycles. The molecule has 1 N–H and O–H groups in total. The monoisotopic (exact) mass is 419 g/mol. The molecule has 1 unspecified atom stereocenters. The molecular weight excluding hydrogens is 386 g/mol. The molecule has 1 aliphatic rings. The molecule has 1 fully saturated rings. The van der Waals surface area contributed by atoms with Crippen LogP contribution in [0.4, 0.5) is 0 Å². The van der Waals surface area contributed by atoms with E-state index in [0.29, 0.717) is 19.9 Å². The summed E-state index contributed by atoms with van der Waals surface area (Å²) in [6.45, 7) is 10.3. The topological polar surface area (TPSA) is 46.2 Å². The Morgan fingerprint density at radius 1 is 1.45 bits per heavy atom. The van der Waals surface area contributed by atoms with Crippen LogP contribution in [0.25, 0.3) is 6.08 Å². The van der Waals surface area contributed by atoms with Crippen molar-refractivity contribution in [2.75, 3.05) is 46.8 Å². The minimum Gasteiger partial charge on any atom is -0.373 e. The van der Waals surface area contributed by atoms with Gasteiger partial charge in [-0.05, 0) is 48.9 Å². The molecule has 0 aromatic carbocycles. The number of ether oxygens (including phenoxy) is 2. The Labute approximate surface area is 179 Å². The minimum atomic E-state index is -0.416. The minimum absolute atomic E-state index is 0.110. The highest BCUT2D eigenvalue weighted by molar-refractivity contribution is 7.08. The van der Waals surface area contributed by atoms with E-state index in [1.807, 2.05) is 31.1 Å². The normalized spacial score (nSPS) is 18.2. The molecule has 0 aliphatic carbocycles. The number of allylic oxidation sites excluding steroid dienone is 1. The van der Waals surface area contributed by atoms with Crippen LogP contribution < -0.4 is 5.32 Å². The van der Waals surface area contributed by atoms with Crippen LogP contribution in [0.15, 0.2) is 35.1 Å². The van der Waals surface area contributed by atoms with Crippen molar-refractivity contribution in [3.8, 4) is 11.8 Å². The fourth-order valence-electron chi connectivity index (χ4n) is 2.47. The smallest absolute Gasteiger partial charge is 0.154 e. The summed E-state index contributed by atoms with van der Waals surface area (Å²) in [5, 5.41) is 9.41. The van der Waals surface area contributed by atoms with Crippen LogP contribution in [0.5, 0.6) is 0 Å². The van der Waals surface area contributed by atoms with Crippen molar-refractivity contribution in [1.29, 1.82) is 0 Å². The zero-order valence-electron chi connectivity index (χ0n) is 17.9. The Morgan fingerprint density at radius 2 is 2.31 bits per heavy atom. The standard InChI is InChI=1S/C22H33N3O3S/c1-5-24(13-8-6-7-12-22(2,3)26-4)19-25-18-23-21(28-25)16-27-14-9-10-20-11-15-29-17-20/h6,8-11,15,17,21,23H,5,13-14,16,18-19H2,1-4H3/b8-6+,10-9+. The second kappa shape index (κ2) is 12.9. The average Bonchev–Trinajstić information content (AvgIpc) is 3.38. The Balaban J connectivity index is 1.62. The van der Waals surface area contributed by atoms with E-state index in [2.05, 4.69) is 58.0 Å². The highest BCUT2D eigenvalue weighted by atomic mass is 32.1. The van der Waals surface area contributed by atoms with Gasteiger partial charge in [0, 0.05) is 13.7 Å². The summed E-state index contributed by atoms with van der Waals surface area (Å²) in [5.74, 6) is 6.11. The maximum absolute atomic E-state index is 5.90. The number of thiophene rings is 1. The third-order valence-electron chi connectivity index (χ3n) is 4.36. The molecule has 2 rings (SSSR count). The largest absolute Gasteiger partial charge is 0.373 e. The van der Waals surface area contributed by atoms with Crippen molar-refractivity contribution >= 4 is 17.4 Å². The number of nitrogens with one attached hydrogen (secondary N) is 1. The Morgan fingerprint density at radius 3 is 3.03 bits per heavy atom. The van der Waals surface area contributed by atoms with E-state index in [1.165, 1.54) is 5.56 Å². The van der Waals surface area contributed by atoms with Gasteiger partial charge in [-0.1, -0.05) is 37.0 Å². The predicted molar refractivity (Wildman–Crippen MR) is 119 cm³/mol. The van der Waals surface area contributed by atoms with E-state index >= 15 is 0 Å². The van der Waals surface area contributed by atoms with Gasteiger partial charge in [-0.3, -0.25) is 15.1 Å². The first-order valence-corrected chi connectivity index (χ1v) is 10.8. The van der Waals surface area contributed by atoms with Gasteiger partial charge in [0.2, 0.25) is 0 Å². The molecule has 6 nitrogen and oxygen atoms in total. The van der Waals surface area contributed by atoms with E-state index in [4.69, 9.17) is 14.3 Å². The molecule has 29 heavy (non-hydrogen) atoms. The van der Waals surface area contributed by atoms with Gasteiger partial charge in [0.15, 0.2) is 6.23 Å². The molecule has 0 spiro atoms. The number of methoxy groups -OCH3 is 1. The highest BCUT2D eigenvalue weighted by Gasteiger charge is 2.23. The Hall–Kier alpha value is -1.50. The van der Waals surface area contributed by atoms with Crippen molar-refractivity contribution in [3.05, 3.63) is 40.6 Å². The summed E-state index contributed by atoms with van der Waals surface area (Å²) in [6, 6.07) is 2.09. The molecule has 1 aromatic heterocycles. The van der Waals surface area contributed by atoms with Crippen LogP contribution in [0.1, 0.15) is 26.3 Å². The van der Waals surface area contributed by atoms with Gasteiger partial charge < -0.3 is 9.47 Å². The van der Waals surface area contributed by atoms with Gasteiger partial charge >= 0.3 is 0 Å². The second-order valence-corrected chi connectivity index (χ2v) is 7.91. The SMILES string of the molecule is CCN(C/C=C/C#CC(C)(C)OC)CN1CNC(COC/C=C/c2ccsc2)O1. The van der Waals surface area contributed by atoms with Gasteiger partial charge in [-0.25, -0.2) is 0 Å². The molecule has 1 saturated heterocycles. The van der Waals surface area contributed by atoms with Crippen molar-refractivity contribution < 1.29 is 14.3 Å². The molecule has 0 radical (unpaired) electrons. The molecule has 160 valence electrons. The maximum Gasteiger partial charge on any atom is 0.154 e. The second-order valence-electron chi connectivity index (χ2n) is 7.13. The number of hydrogen-bond donors (Lipinski definition) is 1. The summed E-state index contributed by atoms with van der Waals surface area (Å²) in [6.07, 6.45) is 7.93. The lowest BCUT2D eigenvalue weighted by Crippen LogP contribution is -2.36. The van der Waals surface area contributed by atoms with Crippen molar-refractivity contribution in [2.45, 2.75) is 32.6 Å². The molecule has 1 atom stereocenters. The van der Waals surface area contributed by atoms with E-state index in [-0.39, 0.29) is 6.23 Å². The van der Waals surface area contributed by atoms with Crippen LogP contribution >= 0.6 is 11.3 Å². The van der Waals surface area contributed by atoms with Gasteiger partial charge in [0.1, 0.15) is 5.60 Å². The van der Waals surface area contributed by atoms with Gasteiger partial charge in [-0.15, -0.1) is 0 Å². The fourth-order valence-corrected chi connectivity index (χ4v) is 3.09. The average molecular weight is 420 g/mol. The van der Waals surface area contributed by atoms with Crippen LogP contribution in [0, 0.1) is 11.8 Å². The van der Waals surface area contributed by atoms with Crippen LogP contribution in [-0.2, 0) is 14.3 Å². The predicted octanol–water partition coefficient (Wildman–Crippen LogP) is 3.16. The first-order chi connectivity index (χ1) is 14.0. The molecule has 0 bridgehead atoms. The lowest BCUT2D eigenvalue weighted by molar-refractivity contribution is -0.179. The van der Waals surface area contributed by atoms with Crippen molar-refractivity contribution in [1.82, 2.24) is 15.3 Å². The Bertz CT molecular complexity index is 692. The summed E-state index contributed by atoms with van der Waals surface area (Å²) < 4.78 is 11.0. The number of hydrogen-bond acceptors (Lipinski definition) is 7. The highest BCUT2D eigenvalue weighted by Crippen LogP contribution is 2.08. The van der Waals surface area contributed by atoms with E-state index in [9.17, 15) is 0 Å². The van der Waals surface area contributed by atoms with E-state index in [1.54, 1.807) is 18.4 Å².